The lowest BCUT2D eigenvalue weighted by Crippen LogP contribution is -2.00. The standard InChI is InChI=1S/C14H18N4S/c1-9(2)10-5-4-6-11(7-10)16-13-8-12(15)17-14(18-13)19-3/h4-9H,1-3H3,(H3,15,16,17,18). The van der Waals surface area contributed by atoms with E-state index in [2.05, 4.69) is 41.3 Å². The Balaban J connectivity index is 2.25. The van der Waals surface area contributed by atoms with Crippen LogP contribution in [0.25, 0.3) is 0 Å². The number of aromatic nitrogens is 2. The molecule has 0 saturated heterocycles. The molecule has 2 rings (SSSR count). The zero-order chi connectivity index (χ0) is 13.8. The maximum Gasteiger partial charge on any atom is 0.191 e. The number of rotatable bonds is 4. The quantitative estimate of drug-likeness (QED) is 0.658. The van der Waals surface area contributed by atoms with Crippen LogP contribution in [0.2, 0.25) is 0 Å². The van der Waals surface area contributed by atoms with E-state index in [-0.39, 0.29) is 0 Å². The molecule has 100 valence electrons. The van der Waals surface area contributed by atoms with Crippen molar-refractivity contribution in [2.45, 2.75) is 24.9 Å². The van der Waals surface area contributed by atoms with Crippen molar-refractivity contribution in [2.75, 3.05) is 17.3 Å². The molecule has 0 spiro atoms. The summed E-state index contributed by atoms with van der Waals surface area (Å²) in [6.45, 7) is 4.35. The molecule has 1 aromatic heterocycles. The van der Waals surface area contributed by atoms with E-state index in [1.807, 2.05) is 18.4 Å². The summed E-state index contributed by atoms with van der Waals surface area (Å²) >= 11 is 1.47. The average Bonchev–Trinajstić information content (AvgIpc) is 2.38. The molecule has 0 saturated carbocycles. The zero-order valence-electron chi connectivity index (χ0n) is 11.3. The molecule has 0 radical (unpaired) electrons. The number of hydrogen-bond donors (Lipinski definition) is 2. The summed E-state index contributed by atoms with van der Waals surface area (Å²) in [7, 11) is 0. The van der Waals surface area contributed by atoms with Gasteiger partial charge in [-0.1, -0.05) is 37.7 Å². The number of anilines is 3. The van der Waals surface area contributed by atoms with Crippen LogP contribution in [0.3, 0.4) is 0 Å². The van der Waals surface area contributed by atoms with Crippen LogP contribution < -0.4 is 11.1 Å². The SMILES string of the molecule is CSc1nc(N)cc(Nc2cccc(C(C)C)c2)n1. The van der Waals surface area contributed by atoms with Crippen LogP contribution in [0.5, 0.6) is 0 Å². The zero-order valence-corrected chi connectivity index (χ0v) is 12.2. The van der Waals surface area contributed by atoms with Gasteiger partial charge in [0.1, 0.15) is 11.6 Å². The number of nitrogens with one attached hydrogen (secondary N) is 1. The van der Waals surface area contributed by atoms with Crippen molar-refractivity contribution < 1.29 is 0 Å². The fourth-order valence-electron chi connectivity index (χ4n) is 1.72. The van der Waals surface area contributed by atoms with E-state index in [0.717, 1.165) is 11.5 Å². The second-order valence-corrected chi connectivity index (χ2v) is 5.34. The lowest BCUT2D eigenvalue weighted by molar-refractivity contribution is 0.867. The smallest absolute Gasteiger partial charge is 0.191 e. The number of benzene rings is 1. The van der Waals surface area contributed by atoms with Crippen LogP contribution in [-0.2, 0) is 0 Å². The molecule has 0 aliphatic heterocycles. The Kier molecular flexibility index (Phi) is 4.27. The summed E-state index contributed by atoms with van der Waals surface area (Å²) < 4.78 is 0. The number of nitrogens with zero attached hydrogens (tertiary/aromatic N) is 2. The first-order valence-electron chi connectivity index (χ1n) is 6.14. The Bertz CT molecular complexity index is 569. The van der Waals surface area contributed by atoms with Gasteiger partial charge in [0, 0.05) is 11.8 Å². The monoisotopic (exact) mass is 274 g/mol. The maximum atomic E-state index is 5.76. The third kappa shape index (κ3) is 3.61. The Morgan fingerprint density at radius 2 is 2.00 bits per heavy atom. The topological polar surface area (TPSA) is 63.8 Å². The van der Waals surface area contributed by atoms with Crippen LogP contribution in [-0.4, -0.2) is 16.2 Å². The van der Waals surface area contributed by atoms with E-state index in [1.54, 1.807) is 6.07 Å². The molecule has 0 fully saturated rings. The Morgan fingerprint density at radius 1 is 1.21 bits per heavy atom. The highest BCUT2D eigenvalue weighted by Gasteiger charge is 2.04. The number of nitrogen functional groups attached to an aromatic ring is 1. The lowest BCUT2D eigenvalue weighted by Gasteiger charge is -2.10. The highest BCUT2D eigenvalue weighted by molar-refractivity contribution is 7.98. The van der Waals surface area contributed by atoms with Gasteiger partial charge < -0.3 is 11.1 Å². The highest BCUT2D eigenvalue weighted by Crippen LogP contribution is 2.22. The third-order valence-electron chi connectivity index (χ3n) is 2.73. The summed E-state index contributed by atoms with van der Waals surface area (Å²) in [5.41, 5.74) is 8.06. The molecule has 0 aliphatic carbocycles. The van der Waals surface area contributed by atoms with Crippen LogP contribution in [0.4, 0.5) is 17.3 Å². The molecular formula is C14H18N4S. The van der Waals surface area contributed by atoms with Gasteiger partial charge in [0.15, 0.2) is 5.16 Å². The molecule has 0 bridgehead atoms. The Labute approximate surface area is 117 Å². The van der Waals surface area contributed by atoms with E-state index >= 15 is 0 Å². The van der Waals surface area contributed by atoms with Gasteiger partial charge >= 0.3 is 0 Å². The van der Waals surface area contributed by atoms with E-state index in [0.29, 0.717) is 16.9 Å². The van der Waals surface area contributed by atoms with E-state index < -0.39 is 0 Å². The Morgan fingerprint density at radius 3 is 2.68 bits per heavy atom. The van der Waals surface area contributed by atoms with Crippen molar-refractivity contribution in [3.05, 3.63) is 35.9 Å². The normalized spacial score (nSPS) is 10.7. The summed E-state index contributed by atoms with van der Waals surface area (Å²) in [5.74, 6) is 1.69. The second kappa shape index (κ2) is 5.93. The number of nitrogens with two attached hydrogens (primary N) is 1. The predicted molar refractivity (Wildman–Crippen MR) is 82.0 cm³/mol. The molecule has 0 atom stereocenters. The number of thioether (sulfide) groups is 1. The van der Waals surface area contributed by atoms with Gasteiger partial charge in [-0.3, -0.25) is 0 Å². The molecule has 19 heavy (non-hydrogen) atoms. The van der Waals surface area contributed by atoms with Crippen LogP contribution in [0.15, 0.2) is 35.5 Å². The lowest BCUT2D eigenvalue weighted by atomic mass is 10.0. The fraction of sp³-hybridized carbons (Fsp3) is 0.286. The molecule has 2 aromatic rings. The first kappa shape index (κ1) is 13.7. The minimum absolute atomic E-state index is 0.474. The van der Waals surface area contributed by atoms with Crippen molar-refractivity contribution in [1.82, 2.24) is 9.97 Å². The summed E-state index contributed by atoms with van der Waals surface area (Å²) in [6.07, 6.45) is 1.93. The van der Waals surface area contributed by atoms with Gasteiger partial charge in [-0.25, -0.2) is 9.97 Å². The Hall–Kier alpha value is -1.75. The van der Waals surface area contributed by atoms with Gasteiger partial charge in [-0.15, -0.1) is 0 Å². The highest BCUT2D eigenvalue weighted by atomic mass is 32.2. The molecular weight excluding hydrogens is 256 g/mol. The van der Waals surface area contributed by atoms with Crippen LogP contribution >= 0.6 is 11.8 Å². The average molecular weight is 274 g/mol. The van der Waals surface area contributed by atoms with Gasteiger partial charge in [-0.05, 0) is 29.9 Å². The largest absolute Gasteiger partial charge is 0.383 e. The predicted octanol–water partition coefficient (Wildman–Crippen LogP) is 3.65. The molecule has 0 aliphatic rings. The molecule has 5 heteroatoms. The number of hydrogen-bond acceptors (Lipinski definition) is 5. The molecule has 3 N–H and O–H groups in total. The minimum atomic E-state index is 0.474. The van der Waals surface area contributed by atoms with E-state index in [9.17, 15) is 0 Å². The summed E-state index contributed by atoms with van der Waals surface area (Å²) in [4.78, 5) is 8.51. The molecule has 0 amide bonds. The van der Waals surface area contributed by atoms with Crippen molar-refractivity contribution in [3.63, 3.8) is 0 Å². The van der Waals surface area contributed by atoms with Crippen LogP contribution in [0.1, 0.15) is 25.3 Å². The summed E-state index contributed by atoms with van der Waals surface area (Å²) in [6, 6.07) is 10.0. The van der Waals surface area contributed by atoms with Crippen molar-refractivity contribution in [2.24, 2.45) is 0 Å². The maximum absolute atomic E-state index is 5.76. The molecule has 4 nitrogen and oxygen atoms in total. The summed E-state index contributed by atoms with van der Waals surface area (Å²) in [5, 5.41) is 3.94. The van der Waals surface area contributed by atoms with Gasteiger partial charge in [0.05, 0.1) is 0 Å². The van der Waals surface area contributed by atoms with Crippen molar-refractivity contribution >= 4 is 29.1 Å². The van der Waals surface area contributed by atoms with Crippen molar-refractivity contribution in [1.29, 1.82) is 0 Å². The third-order valence-corrected chi connectivity index (χ3v) is 3.28. The van der Waals surface area contributed by atoms with Gasteiger partial charge in [0.25, 0.3) is 0 Å². The van der Waals surface area contributed by atoms with Crippen molar-refractivity contribution in [3.8, 4) is 0 Å². The van der Waals surface area contributed by atoms with Gasteiger partial charge in [0.2, 0.25) is 0 Å². The molecule has 1 heterocycles. The molecule has 0 unspecified atom stereocenters. The fourth-order valence-corrected chi connectivity index (χ4v) is 2.11. The first-order valence-corrected chi connectivity index (χ1v) is 7.36. The van der Waals surface area contributed by atoms with Gasteiger partial charge in [-0.2, -0.15) is 0 Å². The minimum Gasteiger partial charge on any atom is -0.383 e. The van der Waals surface area contributed by atoms with E-state index in [4.69, 9.17) is 5.73 Å². The second-order valence-electron chi connectivity index (χ2n) is 4.57. The first-order chi connectivity index (χ1) is 9.08. The van der Waals surface area contributed by atoms with Crippen LogP contribution in [0, 0.1) is 0 Å². The molecule has 1 aromatic carbocycles. The van der Waals surface area contributed by atoms with E-state index in [1.165, 1.54) is 17.3 Å².